The predicted molar refractivity (Wildman–Crippen MR) is 50.2 cm³/mol. The van der Waals surface area contributed by atoms with Gasteiger partial charge in [0.05, 0.1) is 0 Å². The van der Waals surface area contributed by atoms with Crippen LogP contribution in [0.2, 0.25) is 0 Å². The molecule has 12 heavy (non-hydrogen) atoms. The van der Waals surface area contributed by atoms with Crippen molar-refractivity contribution in [3.05, 3.63) is 23.3 Å². The zero-order valence-electron chi connectivity index (χ0n) is 8.26. The van der Waals surface area contributed by atoms with E-state index in [-0.39, 0.29) is 0 Å². The zero-order chi connectivity index (χ0) is 9.14. The fourth-order valence-corrected chi connectivity index (χ4v) is 1.25. The molecule has 2 nitrogen and oxygen atoms in total. The maximum absolute atomic E-state index is 4.48. The van der Waals surface area contributed by atoms with Crippen LogP contribution >= 0.6 is 0 Å². The van der Waals surface area contributed by atoms with E-state index in [2.05, 4.69) is 37.7 Å². The van der Waals surface area contributed by atoms with Gasteiger partial charge in [0.2, 0.25) is 0 Å². The Labute approximate surface area is 74.1 Å². The van der Waals surface area contributed by atoms with Crippen molar-refractivity contribution in [2.75, 3.05) is 0 Å². The summed E-state index contributed by atoms with van der Waals surface area (Å²) in [5.74, 6) is 1.45. The summed E-state index contributed by atoms with van der Waals surface area (Å²) >= 11 is 0. The molecule has 0 unspecified atom stereocenters. The quantitative estimate of drug-likeness (QED) is 0.671. The van der Waals surface area contributed by atoms with Gasteiger partial charge in [0.25, 0.3) is 0 Å². The van der Waals surface area contributed by atoms with Crippen LogP contribution in [-0.2, 0) is 6.42 Å². The summed E-state index contributed by atoms with van der Waals surface area (Å²) in [4.78, 5) is 8.71. The highest BCUT2D eigenvalue weighted by Crippen LogP contribution is 2.15. The van der Waals surface area contributed by atoms with Gasteiger partial charge >= 0.3 is 0 Å². The molecular formula is C10H16N2. The summed E-state index contributed by atoms with van der Waals surface area (Å²) in [5.41, 5.74) is 2.38. The lowest BCUT2D eigenvalue weighted by atomic mass is 10.1. The van der Waals surface area contributed by atoms with E-state index >= 15 is 0 Å². The highest BCUT2D eigenvalue weighted by molar-refractivity contribution is 5.18. The van der Waals surface area contributed by atoms with Crippen molar-refractivity contribution in [1.82, 2.24) is 9.97 Å². The van der Waals surface area contributed by atoms with Gasteiger partial charge in [0.15, 0.2) is 0 Å². The van der Waals surface area contributed by atoms with Crippen LogP contribution in [-0.4, -0.2) is 9.97 Å². The molecule has 0 amide bonds. The molecule has 0 spiro atoms. The van der Waals surface area contributed by atoms with Gasteiger partial charge in [0, 0.05) is 18.3 Å². The maximum atomic E-state index is 4.48. The van der Waals surface area contributed by atoms with E-state index in [9.17, 15) is 0 Å². The van der Waals surface area contributed by atoms with Gasteiger partial charge in [-0.15, -0.1) is 0 Å². The van der Waals surface area contributed by atoms with Crippen LogP contribution in [0.25, 0.3) is 0 Å². The van der Waals surface area contributed by atoms with Crippen molar-refractivity contribution in [3.8, 4) is 0 Å². The predicted octanol–water partition coefficient (Wildman–Crippen LogP) is 2.47. The van der Waals surface area contributed by atoms with Gasteiger partial charge in [-0.05, 0) is 18.4 Å². The van der Waals surface area contributed by atoms with E-state index < -0.39 is 0 Å². The first-order chi connectivity index (χ1) is 5.65. The Balaban J connectivity index is 3.08. The zero-order valence-corrected chi connectivity index (χ0v) is 8.26. The molecule has 0 saturated heterocycles. The minimum absolute atomic E-state index is 0.498. The van der Waals surface area contributed by atoms with Crippen LogP contribution < -0.4 is 0 Å². The van der Waals surface area contributed by atoms with E-state index in [0.29, 0.717) is 5.92 Å². The lowest BCUT2D eigenvalue weighted by Crippen LogP contribution is -2.02. The van der Waals surface area contributed by atoms with Gasteiger partial charge in [0.1, 0.15) is 5.82 Å². The van der Waals surface area contributed by atoms with Crippen LogP contribution in [0.5, 0.6) is 0 Å². The molecular weight excluding hydrogens is 148 g/mol. The van der Waals surface area contributed by atoms with Crippen molar-refractivity contribution < 1.29 is 0 Å². The van der Waals surface area contributed by atoms with Crippen molar-refractivity contribution >= 4 is 0 Å². The Morgan fingerprint density at radius 2 is 2.08 bits per heavy atom. The van der Waals surface area contributed by atoms with Crippen LogP contribution in [0, 0.1) is 6.92 Å². The normalized spacial score (nSPS) is 10.8. The highest BCUT2D eigenvalue weighted by atomic mass is 14.9. The van der Waals surface area contributed by atoms with Crippen LogP contribution in [0.3, 0.4) is 0 Å². The van der Waals surface area contributed by atoms with Crippen LogP contribution in [0.15, 0.2) is 6.20 Å². The topological polar surface area (TPSA) is 25.8 Å². The first-order valence-electron chi connectivity index (χ1n) is 4.47. The van der Waals surface area contributed by atoms with Crippen LogP contribution in [0.1, 0.15) is 43.8 Å². The van der Waals surface area contributed by atoms with Crippen molar-refractivity contribution in [2.24, 2.45) is 0 Å². The minimum Gasteiger partial charge on any atom is -0.241 e. The molecule has 2 heteroatoms. The first kappa shape index (κ1) is 9.17. The molecule has 0 aliphatic rings. The second-order valence-corrected chi connectivity index (χ2v) is 3.36. The van der Waals surface area contributed by atoms with Gasteiger partial charge in [-0.3, -0.25) is 0 Å². The maximum Gasteiger partial charge on any atom is 0.128 e. The molecule has 1 aromatic heterocycles. The lowest BCUT2D eigenvalue weighted by Gasteiger charge is -2.08. The monoisotopic (exact) mass is 164 g/mol. The smallest absolute Gasteiger partial charge is 0.128 e. The molecule has 0 N–H and O–H groups in total. The SMILES string of the molecule is CCc1ncc(C)c(C(C)C)n1. The molecule has 0 bridgehead atoms. The number of rotatable bonds is 2. The number of aryl methyl sites for hydroxylation is 2. The summed E-state index contributed by atoms with van der Waals surface area (Å²) in [5, 5.41) is 0. The van der Waals surface area contributed by atoms with Crippen molar-refractivity contribution in [2.45, 2.75) is 40.0 Å². The van der Waals surface area contributed by atoms with E-state index in [1.165, 1.54) is 11.3 Å². The third kappa shape index (κ3) is 1.81. The standard InChI is InChI=1S/C10H16N2/c1-5-9-11-6-8(4)10(12-9)7(2)3/h6-7H,5H2,1-4H3. The molecule has 0 saturated carbocycles. The van der Waals surface area contributed by atoms with E-state index in [1.807, 2.05) is 6.20 Å². The average molecular weight is 164 g/mol. The summed E-state index contributed by atoms with van der Waals surface area (Å²) in [7, 11) is 0. The average Bonchev–Trinajstić information content (AvgIpc) is 2.05. The molecule has 1 rings (SSSR count). The molecule has 1 aromatic rings. The molecule has 0 aliphatic carbocycles. The van der Waals surface area contributed by atoms with Gasteiger partial charge < -0.3 is 0 Å². The largest absolute Gasteiger partial charge is 0.241 e. The molecule has 0 atom stereocenters. The summed E-state index contributed by atoms with van der Waals surface area (Å²) < 4.78 is 0. The van der Waals surface area contributed by atoms with E-state index in [1.54, 1.807) is 0 Å². The fourth-order valence-electron chi connectivity index (χ4n) is 1.25. The molecule has 1 heterocycles. The molecule has 0 radical (unpaired) electrons. The van der Waals surface area contributed by atoms with Gasteiger partial charge in [-0.25, -0.2) is 9.97 Å². The van der Waals surface area contributed by atoms with Gasteiger partial charge in [-0.2, -0.15) is 0 Å². The highest BCUT2D eigenvalue weighted by Gasteiger charge is 2.05. The van der Waals surface area contributed by atoms with E-state index in [0.717, 1.165) is 12.2 Å². The second kappa shape index (κ2) is 3.65. The Morgan fingerprint density at radius 1 is 1.42 bits per heavy atom. The number of hydrogen-bond donors (Lipinski definition) is 0. The minimum atomic E-state index is 0.498. The van der Waals surface area contributed by atoms with Crippen LogP contribution in [0.4, 0.5) is 0 Å². The first-order valence-corrected chi connectivity index (χ1v) is 4.47. The Bertz CT molecular complexity index is 267. The Morgan fingerprint density at radius 3 is 2.58 bits per heavy atom. The molecule has 0 aliphatic heterocycles. The fraction of sp³-hybridized carbons (Fsp3) is 0.600. The number of hydrogen-bond acceptors (Lipinski definition) is 2. The number of nitrogens with zero attached hydrogens (tertiary/aromatic N) is 2. The Kier molecular flexibility index (Phi) is 2.79. The van der Waals surface area contributed by atoms with Gasteiger partial charge in [-0.1, -0.05) is 20.8 Å². The summed E-state index contributed by atoms with van der Waals surface area (Å²) in [6.07, 6.45) is 2.83. The lowest BCUT2D eigenvalue weighted by molar-refractivity contribution is 0.774. The third-order valence-corrected chi connectivity index (χ3v) is 1.92. The van der Waals surface area contributed by atoms with E-state index in [4.69, 9.17) is 0 Å². The number of aromatic nitrogens is 2. The second-order valence-electron chi connectivity index (χ2n) is 3.36. The molecule has 0 aromatic carbocycles. The molecule has 0 fully saturated rings. The Hall–Kier alpha value is -0.920. The third-order valence-electron chi connectivity index (χ3n) is 1.92. The van der Waals surface area contributed by atoms with Crippen molar-refractivity contribution in [3.63, 3.8) is 0 Å². The molecule has 66 valence electrons. The van der Waals surface area contributed by atoms with Crippen molar-refractivity contribution in [1.29, 1.82) is 0 Å². The summed E-state index contributed by atoms with van der Waals surface area (Å²) in [6, 6.07) is 0. The summed E-state index contributed by atoms with van der Waals surface area (Å²) in [6.45, 7) is 8.47.